The molecule has 0 N–H and O–H groups in total. The second-order valence-electron chi connectivity index (χ2n) is 4.57. The first-order chi connectivity index (χ1) is 10.1. The van der Waals surface area contributed by atoms with Crippen LogP contribution < -0.4 is 4.90 Å². The molecule has 0 aliphatic carbocycles. The van der Waals surface area contributed by atoms with Crippen LogP contribution in [0.2, 0.25) is 0 Å². The number of amides is 1. The van der Waals surface area contributed by atoms with Crippen LogP contribution in [-0.4, -0.2) is 21.7 Å². The van der Waals surface area contributed by atoms with Crippen LogP contribution in [0.3, 0.4) is 0 Å². The van der Waals surface area contributed by atoms with Crippen molar-refractivity contribution in [2.45, 2.75) is 12.3 Å². The van der Waals surface area contributed by atoms with E-state index < -0.39 is 4.92 Å². The van der Waals surface area contributed by atoms with Crippen LogP contribution in [0, 0.1) is 17.0 Å². The zero-order valence-electron chi connectivity index (χ0n) is 11.1. The van der Waals surface area contributed by atoms with Crippen LogP contribution in [0.25, 0.3) is 0 Å². The van der Waals surface area contributed by atoms with Crippen molar-refractivity contribution in [3.8, 4) is 0 Å². The summed E-state index contributed by atoms with van der Waals surface area (Å²) < 4.78 is 5.02. The number of aromatic nitrogens is 1. The summed E-state index contributed by atoms with van der Waals surface area (Å²) in [6.45, 7) is 1.76. The Morgan fingerprint density at radius 2 is 2.14 bits per heavy atom. The van der Waals surface area contributed by atoms with Gasteiger partial charge in [-0.15, -0.1) is 11.8 Å². The SMILES string of the molecule is Cc1cc(N2C(=O)CSC2c2ccc([N+](=O)[O-])cc2)no1. The number of non-ortho nitro benzene ring substituents is 1. The third kappa shape index (κ3) is 2.49. The minimum atomic E-state index is -0.449. The monoisotopic (exact) mass is 305 g/mol. The van der Waals surface area contributed by atoms with Gasteiger partial charge >= 0.3 is 0 Å². The molecule has 7 nitrogen and oxygen atoms in total. The van der Waals surface area contributed by atoms with E-state index >= 15 is 0 Å². The van der Waals surface area contributed by atoms with Gasteiger partial charge in [-0.25, -0.2) is 0 Å². The van der Waals surface area contributed by atoms with E-state index in [4.69, 9.17) is 4.52 Å². The van der Waals surface area contributed by atoms with E-state index in [0.29, 0.717) is 17.3 Å². The molecule has 1 amide bonds. The molecule has 0 saturated carbocycles. The number of nitro benzene ring substituents is 1. The zero-order chi connectivity index (χ0) is 15.0. The Kier molecular flexibility index (Phi) is 3.38. The first-order valence-electron chi connectivity index (χ1n) is 6.17. The standard InChI is InChI=1S/C13H11N3O4S/c1-8-6-11(14-20-8)15-12(17)7-21-13(15)9-2-4-10(5-3-9)16(18)19/h2-6,13H,7H2,1H3. The minimum absolute atomic E-state index is 0.0249. The van der Waals surface area contributed by atoms with Crippen molar-refractivity contribution < 1.29 is 14.2 Å². The van der Waals surface area contributed by atoms with E-state index in [1.54, 1.807) is 30.0 Å². The normalized spacial score (nSPS) is 18.2. The predicted molar refractivity (Wildman–Crippen MR) is 77.0 cm³/mol. The summed E-state index contributed by atoms with van der Waals surface area (Å²) >= 11 is 1.45. The molecule has 2 aromatic rings. The second-order valence-corrected chi connectivity index (χ2v) is 5.64. The predicted octanol–water partition coefficient (Wildman–Crippen LogP) is 2.67. The number of nitro groups is 1. The highest BCUT2D eigenvalue weighted by Gasteiger charge is 2.35. The van der Waals surface area contributed by atoms with Crippen LogP contribution in [0.15, 0.2) is 34.9 Å². The fourth-order valence-electron chi connectivity index (χ4n) is 2.15. The Hall–Kier alpha value is -2.35. The molecule has 1 aromatic heterocycles. The number of carbonyl (C=O) groups is 1. The van der Waals surface area contributed by atoms with Gasteiger partial charge in [0.15, 0.2) is 5.82 Å². The maximum absolute atomic E-state index is 12.1. The van der Waals surface area contributed by atoms with Crippen molar-refractivity contribution in [1.82, 2.24) is 5.16 Å². The first-order valence-corrected chi connectivity index (χ1v) is 7.22. The molecule has 8 heteroatoms. The molecule has 1 saturated heterocycles. The molecular formula is C13H11N3O4S. The summed E-state index contributed by atoms with van der Waals surface area (Å²) in [6.07, 6.45) is 0. The average molecular weight is 305 g/mol. The fourth-order valence-corrected chi connectivity index (χ4v) is 3.31. The molecule has 3 rings (SSSR count). The third-order valence-electron chi connectivity index (χ3n) is 3.12. The van der Waals surface area contributed by atoms with Gasteiger partial charge in [0.1, 0.15) is 11.1 Å². The highest BCUT2D eigenvalue weighted by molar-refractivity contribution is 8.00. The van der Waals surface area contributed by atoms with Crippen molar-refractivity contribution >= 4 is 29.2 Å². The molecular weight excluding hydrogens is 294 g/mol. The van der Waals surface area contributed by atoms with Gasteiger partial charge in [0.2, 0.25) is 5.91 Å². The van der Waals surface area contributed by atoms with Crippen molar-refractivity contribution in [1.29, 1.82) is 0 Å². The number of hydrogen-bond acceptors (Lipinski definition) is 6. The molecule has 108 valence electrons. The van der Waals surface area contributed by atoms with Gasteiger partial charge in [-0.05, 0) is 24.6 Å². The van der Waals surface area contributed by atoms with E-state index in [0.717, 1.165) is 5.56 Å². The Morgan fingerprint density at radius 1 is 1.43 bits per heavy atom. The summed E-state index contributed by atoms with van der Waals surface area (Å²) in [6, 6.07) is 7.89. The van der Waals surface area contributed by atoms with E-state index in [1.807, 2.05) is 0 Å². The van der Waals surface area contributed by atoms with Crippen molar-refractivity contribution in [3.63, 3.8) is 0 Å². The van der Waals surface area contributed by atoms with Crippen LogP contribution in [0.1, 0.15) is 16.7 Å². The maximum Gasteiger partial charge on any atom is 0.269 e. The topological polar surface area (TPSA) is 89.5 Å². The smallest absolute Gasteiger partial charge is 0.269 e. The number of hydrogen-bond donors (Lipinski definition) is 0. The zero-order valence-corrected chi connectivity index (χ0v) is 11.9. The summed E-state index contributed by atoms with van der Waals surface area (Å²) in [5.74, 6) is 1.37. The largest absolute Gasteiger partial charge is 0.360 e. The lowest BCUT2D eigenvalue weighted by atomic mass is 10.2. The number of thioether (sulfide) groups is 1. The van der Waals surface area contributed by atoms with Crippen LogP contribution >= 0.6 is 11.8 Å². The summed E-state index contributed by atoms with van der Waals surface area (Å²) in [4.78, 5) is 23.9. The lowest BCUT2D eigenvalue weighted by Crippen LogP contribution is -2.28. The van der Waals surface area contributed by atoms with E-state index in [2.05, 4.69) is 5.16 Å². The second kappa shape index (κ2) is 5.21. The summed E-state index contributed by atoms with van der Waals surface area (Å²) in [7, 11) is 0. The number of nitrogens with zero attached hydrogens (tertiary/aromatic N) is 3. The van der Waals surface area contributed by atoms with E-state index in [1.165, 1.54) is 23.9 Å². The summed E-state index contributed by atoms with van der Waals surface area (Å²) in [5.41, 5.74) is 0.842. The molecule has 0 bridgehead atoms. The molecule has 1 aliphatic rings. The van der Waals surface area contributed by atoms with Crippen LogP contribution in [0.4, 0.5) is 11.5 Å². The van der Waals surface area contributed by atoms with Gasteiger partial charge in [-0.1, -0.05) is 5.16 Å². The minimum Gasteiger partial charge on any atom is -0.360 e. The molecule has 0 radical (unpaired) electrons. The molecule has 1 atom stereocenters. The number of benzene rings is 1. The number of rotatable bonds is 3. The molecule has 2 heterocycles. The van der Waals surface area contributed by atoms with Crippen molar-refractivity contribution in [2.75, 3.05) is 10.7 Å². The molecule has 0 spiro atoms. The molecule has 1 unspecified atom stereocenters. The molecule has 1 aliphatic heterocycles. The highest BCUT2D eigenvalue weighted by atomic mass is 32.2. The van der Waals surface area contributed by atoms with Crippen LogP contribution in [-0.2, 0) is 4.79 Å². The Balaban J connectivity index is 1.93. The van der Waals surface area contributed by atoms with E-state index in [9.17, 15) is 14.9 Å². The number of anilines is 1. The van der Waals surface area contributed by atoms with Gasteiger partial charge in [-0.2, -0.15) is 0 Å². The third-order valence-corrected chi connectivity index (χ3v) is 4.33. The van der Waals surface area contributed by atoms with Gasteiger partial charge in [0.25, 0.3) is 5.69 Å². The quantitative estimate of drug-likeness (QED) is 0.639. The lowest BCUT2D eigenvalue weighted by Gasteiger charge is -2.21. The first kappa shape index (κ1) is 13.6. The van der Waals surface area contributed by atoms with Gasteiger partial charge in [0, 0.05) is 18.2 Å². The Labute approximate surface area is 124 Å². The van der Waals surface area contributed by atoms with Gasteiger partial charge < -0.3 is 4.52 Å². The van der Waals surface area contributed by atoms with Crippen molar-refractivity contribution in [2.24, 2.45) is 0 Å². The molecule has 1 fully saturated rings. The highest BCUT2D eigenvalue weighted by Crippen LogP contribution is 2.41. The number of carbonyl (C=O) groups excluding carboxylic acids is 1. The van der Waals surface area contributed by atoms with Gasteiger partial charge in [0.05, 0.1) is 10.7 Å². The van der Waals surface area contributed by atoms with Gasteiger partial charge in [-0.3, -0.25) is 19.8 Å². The average Bonchev–Trinajstić information content (AvgIpc) is 3.04. The fraction of sp³-hybridized carbons (Fsp3) is 0.231. The Bertz CT molecular complexity index is 698. The van der Waals surface area contributed by atoms with Crippen molar-refractivity contribution in [3.05, 3.63) is 51.8 Å². The lowest BCUT2D eigenvalue weighted by molar-refractivity contribution is -0.384. The maximum atomic E-state index is 12.1. The molecule has 1 aromatic carbocycles. The molecule has 21 heavy (non-hydrogen) atoms. The summed E-state index contributed by atoms with van der Waals surface area (Å²) in [5, 5.41) is 14.3. The number of aryl methyl sites for hydroxylation is 1. The van der Waals surface area contributed by atoms with E-state index in [-0.39, 0.29) is 17.0 Å². The van der Waals surface area contributed by atoms with Crippen LogP contribution in [0.5, 0.6) is 0 Å². The Morgan fingerprint density at radius 3 is 2.71 bits per heavy atom.